The van der Waals surface area contributed by atoms with Crippen molar-refractivity contribution in [3.63, 3.8) is 0 Å². The highest BCUT2D eigenvalue weighted by Gasteiger charge is 2.17. The molecule has 32 heavy (non-hydrogen) atoms. The van der Waals surface area contributed by atoms with Gasteiger partial charge in [-0.2, -0.15) is 5.10 Å². The molecule has 0 unspecified atom stereocenters. The number of phenolic OH excluding ortho intramolecular Hbond substituents is 1. The third kappa shape index (κ3) is 4.96. The van der Waals surface area contributed by atoms with Crippen molar-refractivity contribution in [3.05, 3.63) is 52.1 Å². The average Bonchev–Trinajstić information content (AvgIpc) is 3.18. The smallest absolute Gasteiger partial charge is 0.206 e. The Morgan fingerprint density at radius 2 is 1.66 bits per heavy atom. The van der Waals surface area contributed by atoms with Crippen LogP contribution in [0.1, 0.15) is 32.8 Å². The summed E-state index contributed by atoms with van der Waals surface area (Å²) in [5, 5.41) is 16.7. The molecule has 3 aromatic rings. The molecule has 0 spiro atoms. The predicted octanol–water partition coefficient (Wildman–Crippen LogP) is 4.92. The molecule has 0 radical (unpaired) electrons. The Bertz CT molecular complexity index is 1140. The molecule has 1 N–H and O–H groups in total. The molecular formula is C24H29N3O4S. The molecule has 0 fully saturated rings. The molecule has 7 nitrogen and oxygen atoms in total. The molecule has 0 saturated heterocycles. The minimum absolute atomic E-state index is 0.113. The molecule has 8 heteroatoms. The summed E-state index contributed by atoms with van der Waals surface area (Å²) in [6, 6.07) is 11.0. The van der Waals surface area contributed by atoms with Gasteiger partial charge in [0, 0.05) is 17.0 Å². The van der Waals surface area contributed by atoms with Crippen molar-refractivity contribution in [2.24, 2.45) is 10.1 Å². The van der Waals surface area contributed by atoms with Gasteiger partial charge in [0.25, 0.3) is 0 Å². The van der Waals surface area contributed by atoms with Crippen LogP contribution in [0, 0.1) is 0 Å². The number of methoxy groups -OCH3 is 3. The third-order valence-electron chi connectivity index (χ3n) is 4.77. The van der Waals surface area contributed by atoms with Crippen LogP contribution in [-0.2, 0) is 0 Å². The zero-order chi connectivity index (χ0) is 23.3. The fourth-order valence-corrected chi connectivity index (χ4v) is 4.20. The number of phenols is 1. The van der Waals surface area contributed by atoms with Crippen LogP contribution in [0.3, 0.4) is 0 Å². The van der Waals surface area contributed by atoms with E-state index < -0.39 is 0 Å². The van der Waals surface area contributed by atoms with Crippen LogP contribution in [-0.4, -0.2) is 42.9 Å². The number of hydrogen-bond acceptors (Lipinski definition) is 7. The number of rotatable bonds is 8. The highest BCUT2D eigenvalue weighted by Crippen LogP contribution is 2.41. The molecule has 2 aromatic carbocycles. The van der Waals surface area contributed by atoms with Crippen LogP contribution < -0.4 is 19.0 Å². The number of thiazole rings is 1. The quantitative estimate of drug-likeness (QED) is 0.489. The Kier molecular flexibility index (Phi) is 7.58. The Labute approximate surface area is 192 Å². The standard InChI is InChI=1S/C24H29N3O4S/c1-7-19(16-8-10-18(28)11-9-16)26-27-20(14-32-24(27)25-15(2)3)17-12-21(29-4)23(31-6)22(13-17)30-5/h8-15,28H,7H2,1-6H3. The Morgan fingerprint density at radius 1 is 1.03 bits per heavy atom. The maximum atomic E-state index is 9.65. The van der Waals surface area contributed by atoms with E-state index in [1.165, 1.54) is 11.3 Å². The van der Waals surface area contributed by atoms with E-state index >= 15 is 0 Å². The van der Waals surface area contributed by atoms with E-state index in [1.54, 1.807) is 33.5 Å². The Balaban J connectivity index is 2.26. The number of benzene rings is 2. The number of nitrogens with zero attached hydrogens (tertiary/aromatic N) is 3. The normalized spacial score (nSPS) is 12.3. The minimum atomic E-state index is 0.113. The van der Waals surface area contributed by atoms with Gasteiger partial charge in [-0.05, 0) is 62.2 Å². The molecule has 0 saturated carbocycles. The number of hydrogen-bond donors (Lipinski definition) is 1. The molecule has 0 amide bonds. The van der Waals surface area contributed by atoms with E-state index in [2.05, 4.69) is 6.92 Å². The molecule has 170 valence electrons. The average molecular weight is 456 g/mol. The molecule has 3 rings (SSSR count). The van der Waals surface area contributed by atoms with E-state index in [-0.39, 0.29) is 11.8 Å². The third-order valence-corrected chi connectivity index (χ3v) is 5.60. The summed E-state index contributed by atoms with van der Waals surface area (Å²) in [5.41, 5.74) is 3.54. The number of ether oxygens (including phenoxy) is 3. The van der Waals surface area contributed by atoms with Gasteiger partial charge in [0.05, 0.1) is 32.7 Å². The molecule has 0 aliphatic rings. The summed E-state index contributed by atoms with van der Waals surface area (Å²) in [4.78, 5) is 5.55. The zero-order valence-electron chi connectivity index (χ0n) is 19.2. The van der Waals surface area contributed by atoms with Crippen molar-refractivity contribution < 1.29 is 19.3 Å². The first-order valence-electron chi connectivity index (χ1n) is 10.3. The predicted molar refractivity (Wildman–Crippen MR) is 128 cm³/mol. The van der Waals surface area contributed by atoms with E-state index in [9.17, 15) is 5.11 Å². The van der Waals surface area contributed by atoms with Gasteiger partial charge in [0.2, 0.25) is 10.6 Å². The highest BCUT2D eigenvalue weighted by molar-refractivity contribution is 7.07. The van der Waals surface area contributed by atoms with Crippen molar-refractivity contribution in [1.82, 2.24) is 4.68 Å². The summed E-state index contributed by atoms with van der Waals surface area (Å²) in [7, 11) is 4.78. The topological polar surface area (TPSA) is 77.6 Å². The van der Waals surface area contributed by atoms with Crippen LogP contribution in [0.15, 0.2) is 51.9 Å². The first-order chi connectivity index (χ1) is 15.4. The van der Waals surface area contributed by atoms with Gasteiger partial charge in [0.1, 0.15) is 5.75 Å². The monoisotopic (exact) mass is 455 g/mol. The second-order valence-corrected chi connectivity index (χ2v) is 8.14. The lowest BCUT2D eigenvalue weighted by atomic mass is 10.1. The molecule has 1 heterocycles. The van der Waals surface area contributed by atoms with Gasteiger partial charge in [-0.3, -0.25) is 4.99 Å². The first kappa shape index (κ1) is 23.4. The van der Waals surface area contributed by atoms with Gasteiger partial charge < -0.3 is 19.3 Å². The van der Waals surface area contributed by atoms with E-state index in [4.69, 9.17) is 24.3 Å². The van der Waals surface area contributed by atoms with Crippen LogP contribution in [0.5, 0.6) is 23.0 Å². The minimum Gasteiger partial charge on any atom is -0.508 e. The van der Waals surface area contributed by atoms with Gasteiger partial charge in [0.15, 0.2) is 11.5 Å². The molecule has 0 atom stereocenters. The van der Waals surface area contributed by atoms with Crippen LogP contribution in [0.4, 0.5) is 0 Å². The first-order valence-corrected chi connectivity index (χ1v) is 11.2. The number of aromatic nitrogens is 1. The molecular weight excluding hydrogens is 426 g/mol. The van der Waals surface area contributed by atoms with Gasteiger partial charge in [-0.15, -0.1) is 11.3 Å². The van der Waals surface area contributed by atoms with Crippen LogP contribution in [0.25, 0.3) is 11.3 Å². The molecule has 0 aliphatic carbocycles. The second-order valence-electron chi connectivity index (χ2n) is 7.30. The summed E-state index contributed by atoms with van der Waals surface area (Å²) in [6.45, 7) is 6.12. The van der Waals surface area contributed by atoms with Crippen molar-refractivity contribution in [3.8, 4) is 34.3 Å². The summed E-state index contributed by atoms with van der Waals surface area (Å²) < 4.78 is 18.4. The summed E-state index contributed by atoms with van der Waals surface area (Å²) >= 11 is 1.52. The Morgan fingerprint density at radius 3 is 2.16 bits per heavy atom. The fourth-order valence-electron chi connectivity index (χ4n) is 3.24. The van der Waals surface area contributed by atoms with E-state index in [1.807, 2.05) is 48.2 Å². The lowest BCUT2D eigenvalue weighted by Gasteiger charge is -2.14. The van der Waals surface area contributed by atoms with Gasteiger partial charge in [-0.25, -0.2) is 4.68 Å². The van der Waals surface area contributed by atoms with Crippen molar-refractivity contribution >= 4 is 17.0 Å². The lowest BCUT2D eigenvalue weighted by Crippen LogP contribution is -2.17. The van der Waals surface area contributed by atoms with Crippen LogP contribution >= 0.6 is 11.3 Å². The molecule has 0 aliphatic heterocycles. The molecule has 1 aromatic heterocycles. The maximum Gasteiger partial charge on any atom is 0.206 e. The molecule has 0 bridgehead atoms. The zero-order valence-corrected chi connectivity index (χ0v) is 20.1. The SMILES string of the molecule is CCC(=Nn1c(-c2cc(OC)c(OC)c(OC)c2)csc1=NC(C)C)c1ccc(O)cc1. The van der Waals surface area contributed by atoms with E-state index in [0.29, 0.717) is 23.7 Å². The maximum absolute atomic E-state index is 9.65. The highest BCUT2D eigenvalue weighted by atomic mass is 32.1. The van der Waals surface area contributed by atoms with E-state index in [0.717, 1.165) is 27.3 Å². The van der Waals surface area contributed by atoms with Crippen LogP contribution in [0.2, 0.25) is 0 Å². The van der Waals surface area contributed by atoms with Crippen molar-refractivity contribution in [1.29, 1.82) is 0 Å². The van der Waals surface area contributed by atoms with Gasteiger partial charge in [-0.1, -0.05) is 6.92 Å². The van der Waals surface area contributed by atoms with Crippen molar-refractivity contribution in [2.75, 3.05) is 21.3 Å². The number of aromatic hydroxyl groups is 1. The lowest BCUT2D eigenvalue weighted by molar-refractivity contribution is 0.324. The van der Waals surface area contributed by atoms with Gasteiger partial charge >= 0.3 is 0 Å². The second kappa shape index (κ2) is 10.4. The summed E-state index contributed by atoms with van der Waals surface area (Å²) in [6.07, 6.45) is 0.712. The fraction of sp³-hybridized carbons (Fsp3) is 0.333. The summed E-state index contributed by atoms with van der Waals surface area (Å²) in [5.74, 6) is 1.90. The van der Waals surface area contributed by atoms with Crippen molar-refractivity contribution in [2.45, 2.75) is 33.2 Å². The Hall–Kier alpha value is -3.26. The largest absolute Gasteiger partial charge is 0.508 e.